The van der Waals surface area contributed by atoms with Crippen LogP contribution in [-0.2, 0) is 4.74 Å². The van der Waals surface area contributed by atoms with Crippen LogP contribution in [0.4, 0.5) is 0 Å². The number of carbonyl (C=O) groups is 1. The van der Waals surface area contributed by atoms with Gasteiger partial charge in [0.25, 0.3) is 0 Å². The fourth-order valence-electron chi connectivity index (χ4n) is 1.80. The maximum Gasteiger partial charge on any atom is 0.338 e. The molecule has 0 unspecified atom stereocenters. The highest BCUT2D eigenvalue weighted by atomic mass is 16.5. The van der Waals surface area contributed by atoms with Crippen LogP contribution in [0.5, 0.6) is 0 Å². The molecule has 0 bridgehead atoms. The summed E-state index contributed by atoms with van der Waals surface area (Å²) in [5.41, 5.74) is 2.37. The van der Waals surface area contributed by atoms with Crippen molar-refractivity contribution in [1.82, 2.24) is 0 Å². The number of carbonyl (C=O) groups excluding carboxylic acids is 1. The van der Waals surface area contributed by atoms with Gasteiger partial charge in [0.05, 0.1) is 18.2 Å². The van der Waals surface area contributed by atoms with Crippen LogP contribution in [0.2, 0.25) is 0 Å². The summed E-state index contributed by atoms with van der Waals surface area (Å²) in [5, 5.41) is 6.00. The van der Waals surface area contributed by atoms with Gasteiger partial charge in [-0.3, -0.25) is 5.41 Å². The molecular formula is C16H15N2O2+. The summed E-state index contributed by atoms with van der Waals surface area (Å²) in [4.78, 5) is 16.0. The lowest BCUT2D eigenvalue weighted by molar-refractivity contribution is -0.114. The van der Waals surface area contributed by atoms with Gasteiger partial charge in [-0.1, -0.05) is 36.9 Å². The van der Waals surface area contributed by atoms with Gasteiger partial charge in [-0.15, -0.1) is 0 Å². The number of ether oxygens (including phenoxy) is 1. The average molecular weight is 267 g/mol. The van der Waals surface area contributed by atoms with E-state index in [0.717, 1.165) is 5.57 Å². The van der Waals surface area contributed by atoms with Crippen LogP contribution in [0.3, 0.4) is 0 Å². The molecule has 1 aliphatic carbocycles. The van der Waals surface area contributed by atoms with Crippen molar-refractivity contribution in [2.75, 3.05) is 7.11 Å². The minimum Gasteiger partial charge on any atom is -0.465 e. The number of hydrogen-bond donors (Lipinski definition) is 1. The van der Waals surface area contributed by atoms with Crippen LogP contribution in [-0.4, -0.2) is 24.6 Å². The van der Waals surface area contributed by atoms with Gasteiger partial charge in [0.1, 0.15) is 0 Å². The van der Waals surface area contributed by atoms with Crippen molar-refractivity contribution in [1.29, 1.82) is 0 Å². The standard InChI is InChI=1S/C16H14N2O2/c1-11-7-3-6-10-14(11)18-15(17)12-8-4-5-9-13(12)16(19)20-2/h3-10,17H,1H2,2H3/p+1. The number of amidine groups is 1. The highest BCUT2D eigenvalue weighted by molar-refractivity contribution is 6.18. The minimum atomic E-state index is -0.443. The third kappa shape index (κ3) is 2.80. The number of nitrogens with two attached hydrogens (primary N) is 1. The molecule has 0 heterocycles. The number of allylic oxidation sites excluding steroid dienone is 5. The summed E-state index contributed by atoms with van der Waals surface area (Å²) >= 11 is 0. The second-order valence-corrected chi connectivity index (χ2v) is 4.16. The molecule has 4 heteroatoms. The van der Waals surface area contributed by atoms with Gasteiger partial charge < -0.3 is 4.74 Å². The van der Waals surface area contributed by atoms with Crippen molar-refractivity contribution < 1.29 is 14.9 Å². The van der Waals surface area contributed by atoms with Crippen molar-refractivity contribution >= 4 is 17.5 Å². The van der Waals surface area contributed by atoms with Gasteiger partial charge in [-0.2, -0.15) is 0 Å². The smallest absolute Gasteiger partial charge is 0.338 e. The first-order chi connectivity index (χ1) is 9.63. The molecule has 4 nitrogen and oxygen atoms in total. The zero-order chi connectivity index (χ0) is 14.5. The molecule has 1 aromatic rings. The Morgan fingerprint density at radius 3 is 2.50 bits per heavy atom. The molecule has 20 heavy (non-hydrogen) atoms. The summed E-state index contributed by atoms with van der Waals surface area (Å²) < 4.78 is 4.74. The van der Waals surface area contributed by atoms with Gasteiger partial charge in [0.2, 0.25) is 0 Å². The fourth-order valence-corrected chi connectivity index (χ4v) is 1.80. The molecule has 0 atom stereocenters. The van der Waals surface area contributed by atoms with Gasteiger partial charge in [0.15, 0.2) is 5.71 Å². The van der Waals surface area contributed by atoms with Crippen LogP contribution in [0.25, 0.3) is 0 Å². The Hall–Kier alpha value is -2.75. The molecule has 0 aliphatic heterocycles. The summed E-state index contributed by atoms with van der Waals surface area (Å²) in [5.74, 6) is -0.191. The Balaban J connectivity index is 2.38. The molecule has 0 saturated carbocycles. The van der Waals surface area contributed by atoms with E-state index in [1.54, 1.807) is 24.3 Å². The van der Waals surface area contributed by atoms with E-state index in [-0.39, 0.29) is 5.84 Å². The monoisotopic (exact) mass is 267 g/mol. The number of nitrogens with zero attached hydrogens (tertiary/aromatic N) is 1. The third-order valence-electron chi connectivity index (χ3n) is 2.84. The molecule has 0 radical (unpaired) electrons. The lowest BCUT2D eigenvalue weighted by atomic mass is 10.1. The van der Waals surface area contributed by atoms with Crippen LogP contribution in [0, 0.1) is 0 Å². The first-order valence-electron chi connectivity index (χ1n) is 6.06. The van der Waals surface area contributed by atoms with E-state index in [9.17, 15) is 4.79 Å². The van der Waals surface area contributed by atoms with Crippen LogP contribution >= 0.6 is 0 Å². The first-order valence-corrected chi connectivity index (χ1v) is 6.06. The molecule has 1 aromatic carbocycles. The van der Waals surface area contributed by atoms with Gasteiger partial charge in [-0.25, -0.2) is 4.79 Å². The van der Waals surface area contributed by atoms with E-state index < -0.39 is 5.97 Å². The van der Waals surface area contributed by atoms with Crippen molar-refractivity contribution in [3.8, 4) is 0 Å². The quantitative estimate of drug-likeness (QED) is 0.495. The molecule has 0 amide bonds. The molecular weight excluding hydrogens is 252 g/mol. The van der Waals surface area contributed by atoms with Gasteiger partial charge in [0, 0.05) is 5.57 Å². The predicted molar refractivity (Wildman–Crippen MR) is 78.7 cm³/mol. The SMILES string of the molecule is C=C1C=CC=CC1=NC(=[NH2+])c1ccccc1C(=O)OC. The highest BCUT2D eigenvalue weighted by Crippen LogP contribution is 2.12. The molecule has 100 valence electrons. The summed E-state index contributed by atoms with van der Waals surface area (Å²) in [6.07, 6.45) is 7.39. The van der Waals surface area contributed by atoms with E-state index in [1.165, 1.54) is 7.11 Å². The minimum absolute atomic E-state index is 0.252. The second kappa shape index (κ2) is 5.93. The van der Waals surface area contributed by atoms with E-state index in [2.05, 4.69) is 11.6 Å². The largest absolute Gasteiger partial charge is 0.465 e. The molecule has 0 saturated heterocycles. The van der Waals surface area contributed by atoms with Crippen molar-refractivity contribution in [3.63, 3.8) is 0 Å². The lowest BCUT2D eigenvalue weighted by Crippen LogP contribution is -2.40. The van der Waals surface area contributed by atoms with Crippen LogP contribution in [0.1, 0.15) is 15.9 Å². The van der Waals surface area contributed by atoms with Gasteiger partial charge in [-0.05, 0) is 23.2 Å². The molecule has 2 rings (SSSR count). The second-order valence-electron chi connectivity index (χ2n) is 4.16. The normalized spacial score (nSPS) is 15.4. The predicted octanol–water partition coefficient (Wildman–Crippen LogP) is 1.10. The third-order valence-corrected chi connectivity index (χ3v) is 2.84. The fraction of sp³-hybridized carbons (Fsp3) is 0.0625. The van der Waals surface area contributed by atoms with E-state index in [0.29, 0.717) is 16.8 Å². The first kappa shape index (κ1) is 13.7. The lowest BCUT2D eigenvalue weighted by Gasteiger charge is -2.03. The van der Waals surface area contributed by atoms with E-state index in [4.69, 9.17) is 10.1 Å². The number of hydrogen-bond acceptors (Lipinski definition) is 2. The molecule has 1 aliphatic rings. The molecule has 0 aromatic heterocycles. The maximum atomic E-state index is 11.7. The number of methoxy groups -OCH3 is 1. The molecule has 0 fully saturated rings. The van der Waals surface area contributed by atoms with Crippen LogP contribution < -0.4 is 5.41 Å². The zero-order valence-electron chi connectivity index (χ0n) is 11.2. The number of rotatable bonds is 2. The van der Waals surface area contributed by atoms with Crippen molar-refractivity contribution in [2.24, 2.45) is 4.99 Å². The number of esters is 1. The summed E-state index contributed by atoms with van der Waals surface area (Å²) in [7, 11) is 1.33. The zero-order valence-corrected chi connectivity index (χ0v) is 11.2. The Morgan fingerprint density at radius 1 is 1.20 bits per heavy atom. The highest BCUT2D eigenvalue weighted by Gasteiger charge is 2.20. The number of aliphatic imine (C=N–C) groups is 1. The number of benzene rings is 1. The summed E-state index contributed by atoms with van der Waals surface area (Å²) in [6, 6.07) is 6.93. The molecule has 0 spiro atoms. The average Bonchev–Trinajstić information content (AvgIpc) is 2.48. The summed E-state index contributed by atoms with van der Waals surface area (Å²) in [6.45, 7) is 3.89. The van der Waals surface area contributed by atoms with Crippen molar-refractivity contribution in [2.45, 2.75) is 0 Å². The Morgan fingerprint density at radius 2 is 1.85 bits per heavy atom. The van der Waals surface area contributed by atoms with Crippen LogP contribution in [0.15, 0.2) is 65.7 Å². The molecule has 2 N–H and O–H groups in total. The topological polar surface area (TPSA) is 64.2 Å². The Labute approximate surface area is 117 Å². The van der Waals surface area contributed by atoms with Crippen molar-refractivity contribution in [3.05, 3.63) is 71.8 Å². The Bertz CT molecular complexity index is 667. The Kier molecular flexibility index (Phi) is 4.05. The van der Waals surface area contributed by atoms with E-state index in [1.807, 2.05) is 24.3 Å². The van der Waals surface area contributed by atoms with E-state index >= 15 is 0 Å². The van der Waals surface area contributed by atoms with Gasteiger partial charge >= 0.3 is 11.8 Å². The maximum absolute atomic E-state index is 11.7.